The van der Waals surface area contributed by atoms with Crippen LogP contribution in [0.2, 0.25) is 0 Å². The molecule has 4 nitrogen and oxygen atoms in total. The van der Waals surface area contributed by atoms with Crippen molar-refractivity contribution in [3.63, 3.8) is 0 Å². The van der Waals surface area contributed by atoms with E-state index in [-0.39, 0.29) is 17.1 Å². The van der Waals surface area contributed by atoms with Crippen LogP contribution in [0.4, 0.5) is 10.2 Å². The van der Waals surface area contributed by atoms with Gasteiger partial charge in [-0.2, -0.15) is 0 Å². The number of aromatic nitrogens is 2. The highest BCUT2D eigenvalue weighted by Crippen LogP contribution is 2.63. The molecule has 3 saturated carbocycles. The molecule has 3 aromatic rings. The minimum absolute atomic E-state index is 0.112. The summed E-state index contributed by atoms with van der Waals surface area (Å²) >= 11 is 0. The van der Waals surface area contributed by atoms with Crippen molar-refractivity contribution in [1.82, 2.24) is 9.97 Å². The van der Waals surface area contributed by atoms with E-state index in [1.54, 1.807) is 30.5 Å². The molecule has 4 atom stereocenters. The first-order valence-corrected chi connectivity index (χ1v) is 11.8. The SMILES string of the molecule is C#Cc1ccc(NC(=O)C2(C3C[C@H]4CC(c5ccnc6ccc(F)cc56)C[C@H]4C3)CC2)nc1. The third-order valence-electron chi connectivity index (χ3n) is 8.39. The average molecular weight is 440 g/mol. The molecule has 1 aromatic carbocycles. The van der Waals surface area contributed by atoms with Gasteiger partial charge in [0.1, 0.15) is 11.6 Å². The zero-order valence-electron chi connectivity index (χ0n) is 18.4. The molecule has 0 aliphatic heterocycles. The van der Waals surface area contributed by atoms with Gasteiger partial charge in [0.25, 0.3) is 0 Å². The number of carbonyl (C=O) groups excluding carboxylic acids is 1. The molecule has 0 saturated heterocycles. The number of nitrogens with one attached hydrogen (secondary N) is 1. The number of terminal acetylenes is 1. The van der Waals surface area contributed by atoms with Gasteiger partial charge in [-0.05, 0) is 104 Å². The predicted molar refractivity (Wildman–Crippen MR) is 126 cm³/mol. The fraction of sp³-hybridized carbons (Fsp3) is 0.393. The number of nitrogens with zero attached hydrogens (tertiary/aromatic N) is 2. The molecule has 2 aromatic heterocycles. The van der Waals surface area contributed by atoms with Crippen LogP contribution >= 0.6 is 0 Å². The number of halogens is 1. The molecule has 3 aliphatic rings. The molecule has 166 valence electrons. The number of hydrogen-bond donors (Lipinski definition) is 1. The smallest absolute Gasteiger partial charge is 0.232 e. The monoisotopic (exact) mass is 439 g/mol. The number of benzene rings is 1. The quantitative estimate of drug-likeness (QED) is 0.532. The molecule has 33 heavy (non-hydrogen) atoms. The van der Waals surface area contributed by atoms with Gasteiger partial charge in [0.05, 0.1) is 10.9 Å². The summed E-state index contributed by atoms with van der Waals surface area (Å²) in [5.41, 5.74) is 2.56. The molecule has 2 heterocycles. The van der Waals surface area contributed by atoms with Gasteiger partial charge in [0, 0.05) is 23.3 Å². The lowest BCUT2D eigenvalue weighted by Crippen LogP contribution is -2.30. The minimum Gasteiger partial charge on any atom is -0.310 e. The summed E-state index contributed by atoms with van der Waals surface area (Å²) in [6.07, 6.45) is 15.2. The van der Waals surface area contributed by atoms with Gasteiger partial charge in [-0.25, -0.2) is 9.37 Å². The third kappa shape index (κ3) is 3.49. The zero-order valence-corrected chi connectivity index (χ0v) is 18.4. The van der Waals surface area contributed by atoms with E-state index in [4.69, 9.17) is 6.42 Å². The lowest BCUT2D eigenvalue weighted by atomic mass is 9.83. The molecule has 3 fully saturated rings. The van der Waals surface area contributed by atoms with Gasteiger partial charge in [-0.1, -0.05) is 5.92 Å². The highest BCUT2D eigenvalue weighted by atomic mass is 19.1. The van der Waals surface area contributed by atoms with Crippen LogP contribution in [-0.2, 0) is 4.79 Å². The number of amides is 1. The van der Waals surface area contributed by atoms with E-state index in [0.717, 1.165) is 49.4 Å². The van der Waals surface area contributed by atoms with Gasteiger partial charge in [-0.15, -0.1) is 6.42 Å². The summed E-state index contributed by atoms with van der Waals surface area (Å²) in [5.74, 6) is 5.17. The Morgan fingerprint density at radius 1 is 1.06 bits per heavy atom. The van der Waals surface area contributed by atoms with Crippen molar-refractivity contribution in [3.05, 3.63) is 65.7 Å². The number of fused-ring (bicyclic) bond motifs is 2. The molecular formula is C28H26FN3O. The van der Waals surface area contributed by atoms with E-state index in [1.807, 2.05) is 6.20 Å². The van der Waals surface area contributed by atoms with Gasteiger partial charge in [0.15, 0.2) is 0 Å². The molecule has 0 spiro atoms. The second-order valence-corrected chi connectivity index (χ2v) is 10.1. The van der Waals surface area contributed by atoms with E-state index < -0.39 is 0 Å². The Balaban J connectivity index is 1.15. The van der Waals surface area contributed by atoms with Crippen LogP contribution in [0, 0.1) is 41.3 Å². The largest absolute Gasteiger partial charge is 0.310 e. The van der Waals surface area contributed by atoms with E-state index in [2.05, 4.69) is 27.3 Å². The summed E-state index contributed by atoms with van der Waals surface area (Å²) in [6.45, 7) is 0. The topological polar surface area (TPSA) is 54.9 Å². The van der Waals surface area contributed by atoms with Crippen molar-refractivity contribution in [2.75, 3.05) is 5.32 Å². The zero-order chi connectivity index (χ0) is 22.6. The van der Waals surface area contributed by atoms with E-state index in [0.29, 0.717) is 35.1 Å². The van der Waals surface area contributed by atoms with Crippen molar-refractivity contribution in [2.45, 2.75) is 44.4 Å². The summed E-state index contributed by atoms with van der Waals surface area (Å²) in [5, 5.41) is 3.98. The Hall–Kier alpha value is -3.26. The lowest BCUT2D eigenvalue weighted by molar-refractivity contribution is -0.123. The maximum absolute atomic E-state index is 13.9. The number of rotatable bonds is 4. The summed E-state index contributed by atoms with van der Waals surface area (Å²) < 4.78 is 13.9. The molecule has 1 N–H and O–H groups in total. The molecule has 5 heteroatoms. The van der Waals surface area contributed by atoms with Crippen molar-refractivity contribution in [1.29, 1.82) is 0 Å². The fourth-order valence-corrected chi connectivity index (χ4v) is 6.57. The minimum atomic E-state index is -0.237. The molecule has 0 bridgehead atoms. The van der Waals surface area contributed by atoms with Crippen molar-refractivity contribution in [2.24, 2.45) is 23.2 Å². The van der Waals surface area contributed by atoms with Crippen LogP contribution in [0.3, 0.4) is 0 Å². The molecule has 2 unspecified atom stereocenters. The Morgan fingerprint density at radius 3 is 2.52 bits per heavy atom. The second-order valence-electron chi connectivity index (χ2n) is 10.1. The molecule has 6 rings (SSSR count). The first-order valence-electron chi connectivity index (χ1n) is 11.8. The Kier molecular flexibility index (Phi) is 4.72. The first kappa shape index (κ1) is 20.4. The maximum atomic E-state index is 13.9. The maximum Gasteiger partial charge on any atom is 0.232 e. The Labute approximate surface area is 193 Å². The van der Waals surface area contributed by atoms with E-state index in [9.17, 15) is 9.18 Å². The van der Waals surface area contributed by atoms with Crippen LogP contribution in [0.25, 0.3) is 10.9 Å². The fourth-order valence-electron chi connectivity index (χ4n) is 6.57. The molecule has 3 aliphatic carbocycles. The average Bonchev–Trinajstić information content (AvgIpc) is 3.40. The second kappa shape index (κ2) is 7.66. The van der Waals surface area contributed by atoms with Crippen LogP contribution in [0.5, 0.6) is 0 Å². The molecule has 0 radical (unpaired) electrons. The van der Waals surface area contributed by atoms with Gasteiger partial charge in [0.2, 0.25) is 5.91 Å². The summed E-state index contributed by atoms with van der Waals surface area (Å²) in [7, 11) is 0. The lowest BCUT2D eigenvalue weighted by Gasteiger charge is -2.24. The van der Waals surface area contributed by atoms with Crippen LogP contribution in [0.1, 0.15) is 55.6 Å². The third-order valence-corrected chi connectivity index (χ3v) is 8.39. The highest BCUT2D eigenvalue weighted by molar-refractivity contribution is 5.96. The van der Waals surface area contributed by atoms with Crippen molar-refractivity contribution < 1.29 is 9.18 Å². The predicted octanol–water partition coefficient (Wildman–Crippen LogP) is 5.69. The van der Waals surface area contributed by atoms with E-state index >= 15 is 0 Å². The standard InChI is InChI=1S/C28H26FN3O/c1-2-17-3-6-26(31-16-17)32-27(33)28(8-9-28)21-13-18-11-20(12-19(18)14-21)23-7-10-30-25-5-4-22(29)15-24(23)25/h1,3-7,10,15-16,18-21H,8-9,11-14H2,(H,31,32,33)/t18-,19+,20?,21?. The number of anilines is 1. The Bertz CT molecular complexity index is 1260. The number of carbonyl (C=O) groups is 1. The molecular weight excluding hydrogens is 413 g/mol. The van der Waals surface area contributed by atoms with Gasteiger partial charge in [-0.3, -0.25) is 9.78 Å². The summed E-state index contributed by atoms with van der Waals surface area (Å²) in [4.78, 5) is 21.9. The van der Waals surface area contributed by atoms with Crippen molar-refractivity contribution >= 4 is 22.6 Å². The Morgan fingerprint density at radius 2 is 1.85 bits per heavy atom. The van der Waals surface area contributed by atoms with Crippen LogP contribution < -0.4 is 5.32 Å². The highest BCUT2D eigenvalue weighted by Gasteiger charge is 2.59. The molecule has 1 amide bonds. The first-order chi connectivity index (χ1) is 16.1. The van der Waals surface area contributed by atoms with Gasteiger partial charge < -0.3 is 5.32 Å². The summed E-state index contributed by atoms with van der Waals surface area (Å²) in [6, 6.07) is 10.5. The van der Waals surface area contributed by atoms with Crippen LogP contribution in [-0.4, -0.2) is 15.9 Å². The number of hydrogen-bond acceptors (Lipinski definition) is 3. The van der Waals surface area contributed by atoms with Crippen LogP contribution in [0.15, 0.2) is 48.8 Å². The normalized spacial score (nSPS) is 27.2. The number of pyridine rings is 2. The van der Waals surface area contributed by atoms with E-state index in [1.165, 1.54) is 11.6 Å². The van der Waals surface area contributed by atoms with Crippen molar-refractivity contribution in [3.8, 4) is 12.3 Å². The van der Waals surface area contributed by atoms with Gasteiger partial charge >= 0.3 is 0 Å².